The first-order valence-electron chi connectivity index (χ1n) is 6.65. The summed E-state index contributed by atoms with van der Waals surface area (Å²) in [5, 5.41) is 0. The molecule has 0 bridgehead atoms. The minimum absolute atomic E-state index is 0. The second kappa shape index (κ2) is 8.82. The molecule has 109 valence electrons. The molecule has 2 aromatic carbocycles. The van der Waals surface area contributed by atoms with Crippen molar-refractivity contribution >= 4 is 11.0 Å². The fraction of sp³-hybridized carbons (Fsp3) is 0.444. The maximum atomic E-state index is 2.24. The van der Waals surface area contributed by atoms with Gasteiger partial charge in [-0.1, -0.05) is 55.4 Å². The van der Waals surface area contributed by atoms with Crippen LogP contribution in [-0.2, 0) is 21.7 Å². The standard InChI is InChI=1S/2C9H13.H3Si.Ti/c2*1-6-5-7(2)9(4)8(6)3;;/h2*5H,1-4H3;1H3;/q2*-1;;+2. The van der Waals surface area contributed by atoms with Gasteiger partial charge < -0.3 is 0 Å². The molecule has 0 atom stereocenters. The Morgan fingerprint density at radius 2 is 0.900 bits per heavy atom. The first-order valence-corrected chi connectivity index (χ1v) is 6.65. The van der Waals surface area contributed by atoms with Crippen LogP contribution in [-0.4, -0.2) is 11.0 Å². The molecule has 20 heavy (non-hydrogen) atoms. The van der Waals surface area contributed by atoms with Gasteiger partial charge >= 0.3 is 21.7 Å². The summed E-state index contributed by atoms with van der Waals surface area (Å²) in [6.45, 7) is 17.4. The van der Waals surface area contributed by atoms with Crippen LogP contribution >= 0.6 is 0 Å². The minimum Gasteiger partial charge on any atom is -0.199 e. The van der Waals surface area contributed by atoms with Crippen LogP contribution in [0.1, 0.15) is 44.5 Å². The van der Waals surface area contributed by atoms with Crippen molar-refractivity contribution < 1.29 is 21.7 Å². The smallest absolute Gasteiger partial charge is 0.199 e. The second-order valence-electron chi connectivity index (χ2n) is 5.52. The average Bonchev–Trinajstić information content (AvgIpc) is 2.66. The second-order valence-corrected chi connectivity index (χ2v) is 5.52. The van der Waals surface area contributed by atoms with Crippen LogP contribution in [0, 0.1) is 55.4 Å². The van der Waals surface area contributed by atoms with E-state index >= 15 is 0 Å². The van der Waals surface area contributed by atoms with Crippen LogP contribution in [0.5, 0.6) is 0 Å². The van der Waals surface area contributed by atoms with Crippen LogP contribution < -0.4 is 0 Å². The van der Waals surface area contributed by atoms with Crippen molar-refractivity contribution in [2.75, 3.05) is 0 Å². The molecule has 0 spiro atoms. The maximum Gasteiger partial charge on any atom is 2.00 e. The Balaban J connectivity index is 0. The van der Waals surface area contributed by atoms with Gasteiger partial charge in [0.2, 0.25) is 0 Å². The van der Waals surface area contributed by atoms with E-state index in [9.17, 15) is 0 Å². The molecular formula is C18H29SiTi. The molecule has 2 heteroatoms. The third-order valence-corrected chi connectivity index (χ3v) is 4.36. The van der Waals surface area contributed by atoms with Crippen molar-refractivity contribution in [1.29, 1.82) is 0 Å². The Hall–Kier alpha value is -0.369. The molecule has 2 rings (SSSR count). The molecule has 0 nitrogen and oxygen atoms in total. The Morgan fingerprint density at radius 1 is 0.650 bits per heavy atom. The zero-order valence-electron chi connectivity index (χ0n) is 14.7. The molecule has 0 aliphatic heterocycles. The van der Waals surface area contributed by atoms with Crippen molar-refractivity contribution in [3.8, 4) is 0 Å². The summed E-state index contributed by atoms with van der Waals surface area (Å²) >= 11 is 0. The van der Waals surface area contributed by atoms with Gasteiger partial charge in [0.25, 0.3) is 0 Å². The van der Waals surface area contributed by atoms with Crippen molar-refractivity contribution in [1.82, 2.24) is 0 Å². The third-order valence-electron chi connectivity index (χ3n) is 4.36. The molecule has 0 amide bonds. The maximum absolute atomic E-state index is 2.24. The normalized spacial score (nSPS) is 9.20. The number of hydrogen-bond acceptors (Lipinski definition) is 0. The summed E-state index contributed by atoms with van der Waals surface area (Å²) in [7, 11) is 0. The van der Waals surface area contributed by atoms with E-state index in [2.05, 4.69) is 67.5 Å². The van der Waals surface area contributed by atoms with Crippen LogP contribution in [0.15, 0.2) is 12.1 Å². The molecule has 0 aliphatic rings. The van der Waals surface area contributed by atoms with Gasteiger partial charge in [-0.15, -0.1) is 0 Å². The van der Waals surface area contributed by atoms with Crippen LogP contribution in [0.2, 0.25) is 0 Å². The van der Waals surface area contributed by atoms with Crippen molar-refractivity contribution in [2.24, 2.45) is 0 Å². The molecule has 0 fully saturated rings. The first kappa shape index (κ1) is 21.9. The molecule has 0 N–H and O–H groups in total. The summed E-state index contributed by atoms with van der Waals surface area (Å²) in [4.78, 5) is 0. The van der Waals surface area contributed by atoms with E-state index in [1.807, 2.05) is 0 Å². The van der Waals surface area contributed by atoms with E-state index in [-0.39, 0.29) is 32.7 Å². The first-order chi connectivity index (χ1) is 8.25. The molecule has 0 aromatic heterocycles. The van der Waals surface area contributed by atoms with Gasteiger partial charge in [0.15, 0.2) is 0 Å². The SMILES string of the molecule is Cc1c[c-](C)c(C)c1C.Cc1c[c-](C)c(C)c1C.[SiH3].[Ti+2]. The molecular weight excluding hydrogens is 292 g/mol. The molecule has 0 aliphatic carbocycles. The number of rotatable bonds is 0. The fourth-order valence-electron chi connectivity index (χ4n) is 2.27. The van der Waals surface area contributed by atoms with Crippen molar-refractivity contribution in [3.63, 3.8) is 0 Å². The van der Waals surface area contributed by atoms with Gasteiger partial charge in [-0.05, 0) is 11.0 Å². The number of aryl methyl sites for hydroxylation is 4. The average molecular weight is 321 g/mol. The van der Waals surface area contributed by atoms with Crippen molar-refractivity contribution in [2.45, 2.75) is 55.4 Å². The van der Waals surface area contributed by atoms with E-state index in [1.165, 1.54) is 44.5 Å². The van der Waals surface area contributed by atoms with Gasteiger partial charge in [-0.3, -0.25) is 0 Å². The van der Waals surface area contributed by atoms with E-state index in [0.29, 0.717) is 0 Å². The molecule has 0 saturated carbocycles. The Morgan fingerprint density at radius 3 is 0.950 bits per heavy atom. The zero-order chi connectivity index (χ0) is 14.0. The minimum atomic E-state index is 0. The summed E-state index contributed by atoms with van der Waals surface area (Å²) < 4.78 is 0. The predicted octanol–water partition coefficient (Wildman–Crippen LogP) is 4.09. The van der Waals surface area contributed by atoms with Gasteiger partial charge in [-0.2, -0.15) is 56.6 Å². The molecule has 0 unspecified atom stereocenters. The molecule has 1 radical (unpaired) electrons. The van der Waals surface area contributed by atoms with Gasteiger partial charge in [0.1, 0.15) is 0 Å². The monoisotopic (exact) mass is 321 g/mol. The van der Waals surface area contributed by atoms with E-state index in [1.54, 1.807) is 0 Å². The largest absolute Gasteiger partial charge is 2.00 e. The van der Waals surface area contributed by atoms with Gasteiger partial charge in [0.05, 0.1) is 0 Å². The van der Waals surface area contributed by atoms with Gasteiger partial charge in [0, 0.05) is 0 Å². The zero-order valence-corrected chi connectivity index (χ0v) is 18.2. The van der Waals surface area contributed by atoms with Crippen molar-refractivity contribution in [3.05, 3.63) is 56.6 Å². The third kappa shape index (κ3) is 4.87. The molecule has 0 saturated heterocycles. The summed E-state index contributed by atoms with van der Waals surface area (Å²) in [5.41, 5.74) is 11.5. The molecule has 0 heterocycles. The predicted molar refractivity (Wildman–Crippen MR) is 91.9 cm³/mol. The fourth-order valence-corrected chi connectivity index (χ4v) is 2.27. The van der Waals surface area contributed by atoms with E-state index < -0.39 is 0 Å². The van der Waals surface area contributed by atoms with E-state index in [4.69, 9.17) is 0 Å². The van der Waals surface area contributed by atoms with Gasteiger partial charge in [-0.25, -0.2) is 0 Å². The Kier molecular flexibility index (Phi) is 9.66. The quantitative estimate of drug-likeness (QED) is 0.506. The van der Waals surface area contributed by atoms with E-state index in [0.717, 1.165) is 0 Å². The topological polar surface area (TPSA) is 0 Å². The van der Waals surface area contributed by atoms with Crippen LogP contribution in [0.3, 0.4) is 0 Å². The summed E-state index contributed by atoms with van der Waals surface area (Å²) in [6, 6.07) is 4.48. The summed E-state index contributed by atoms with van der Waals surface area (Å²) in [5.74, 6) is 0. The Bertz CT molecular complexity index is 449. The Labute approximate surface area is 144 Å². The summed E-state index contributed by atoms with van der Waals surface area (Å²) in [6.07, 6.45) is 0. The van der Waals surface area contributed by atoms with Crippen LogP contribution in [0.4, 0.5) is 0 Å². The number of hydrogen-bond donors (Lipinski definition) is 0. The molecule has 2 aromatic rings. The van der Waals surface area contributed by atoms with Crippen LogP contribution in [0.25, 0.3) is 0 Å².